The van der Waals surface area contributed by atoms with E-state index in [0.717, 1.165) is 5.75 Å². The monoisotopic (exact) mass is 307 g/mol. The van der Waals surface area contributed by atoms with E-state index in [9.17, 15) is 0 Å². The van der Waals surface area contributed by atoms with Crippen LogP contribution in [0.4, 0.5) is 5.69 Å². The molecule has 0 fully saturated rings. The second-order valence-corrected chi connectivity index (χ2v) is 4.83. The summed E-state index contributed by atoms with van der Waals surface area (Å²) < 4.78 is 21.6. The summed E-state index contributed by atoms with van der Waals surface area (Å²) in [5.41, 5.74) is 6.30. The largest absolute Gasteiger partial charge is 0.490 e. The Morgan fingerprint density at radius 3 is 2.67 bits per heavy atom. The summed E-state index contributed by atoms with van der Waals surface area (Å²) in [6.07, 6.45) is 0. The first-order valence-electron chi connectivity index (χ1n) is 6.42. The molecule has 1 aliphatic heterocycles. The molecule has 0 aromatic heterocycles. The van der Waals surface area contributed by atoms with Crippen molar-refractivity contribution in [2.75, 3.05) is 25.7 Å². The molecule has 0 bridgehead atoms. The van der Waals surface area contributed by atoms with Gasteiger partial charge in [0.05, 0.1) is 5.69 Å². The number of nitrogens with two attached hydrogens (primary N) is 1. The van der Waals surface area contributed by atoms with Crippen LogP contribution in [0.1, 0.15) is 0 Å². The van der Waals surface area contributed by atoms with Gasteiger partial charge in [0.25, 0.3) is 0 Å². The van der Waals surface area contributed by atoms with Crippen LogP contribution in [0, 0.1) is 0 Å². The minimum Gasteiger partial charge on any atom is -0.490 e. The molecule has 1 aliphatic rings. The van der Waals surface area contributed by atoms with Crippen molar-refractivity contribution in [2.45, 2.75) is 0 Å². The Labute approximate surface area is 127 Å². The normalized spacial score (nSPS) is 12.2. The van der Waals surface area contributed by atoms with Gasteiger partial charge in [-0.25, -0.2) is 0 Å². The Morgan fingerprint density at radius 2 is 1.81 bits per heavy atom. The van der Waals surface area contributed by atoms with Crippen LogP contribution in [0.25, 0.3) is 0 Å². The SMILES string of the molecule is Nc1cc(Cl)ccc1OCCOc1ccc2c(c1)OCO2. The van der Waals surface area contributed by atoms with E-state index >= 15 is 0 Å². The highest BCUT2D eigenvalue weighted by molar-refractivity contribution is 6.30. The Hall–Kier alpha value is -2.27. The third-order valence-corrected chi connectivity index (χ3v) is 3.16. The van der Waals surface area contributed by atoms with Gasteiger partial charge in [-0.3, -0.25) is 0 Å². The van der Waals surface area contributed by atoms with Crippen molar-refractivity contribution in [3.8, 4) is 23.0 Å². The highest BCUT2D eigenvalue weighted by atomic mass is 35.5. The molecule has 5 nitrogen and oxygen atoms in total. The minimum atomic E-state index is 0.248. The Bertz CT molecular complexity index is 648. The van der Waals surface area contributed by atoms with Gasteiger partial charge >= 0.3 is 0 Å². The lowest BCUT2D eigenvalue weighted by molar-refractivity contribution is 0.173. The average molecular weight is 308 g/mol. The van der Waals surface area contributed by atoms with E-state index in [1.807, 2.05) is 12.1 Å². The van der Waals surface area contributed by atoms with E-state index in [4.69, 9.17) is 36.3 Å². The van der Waals surface area contributed by atoms with Crippen LogP contribution >= 0.6 is 11.6 Å². The number of rotatable bonds is 5. The molecule has 2 aromatic rings. The molecule has 0 saturated heterocycles. The molecule has 1 heterocycles. The first-order chi connectivity index (χ1) is 10.2. The van der Waals surface area contributed by atoms with Crippen molar-refractivity contribution >= 4 is 17.3 Å². The quantitative estimate of drug-likeness (QED) is 0.679. The maximum Gasteiger partial charge on any atom is 0.231 e. The number of hydrogen-bond donors (Lipinski definition) is 1. The fourth-order valence-corrected chi connectivity index (χ4v) is 2.11. The topological polar surface area (TPSA) is 62.9 Å². The van der Waals surface area contributed by atoms with Crippen LogP contribution in [0.3, 0.4) is 0 Å². The Balaban J connectivity index is 1.50. The lowest BCUT2D eigenvalue weighted by Gasteiger charge is -2.10. The number of hydrogen-bond acceptors (Lipinski definition) is 5. The van der Waals surface area contributed by atoms with Gasteiger partial charge < -0.3 is 24.7 Å². The summed E-state index contributed by atoms with van der Waals surface area (Å²) >= 11 is 5.82. The Morgan fingerprint density at radius 1 is 1.00 bits per heavy atom. The van der Waals surface area contributed by atoms with E-state index < -0.39 is 0 Å². The second kappa shape index (κ2) is 6.01. The zero-order chi connectivity index (χ0) is 14.7. The van der Waals surface area contributed by atoms with E-state index in [2.05, 4.69) is 0 Å². The van der Waals surface area contributed by atoms with Crippen molar-refractivity contribution in [2.24, 2.45) is 0 Å². The van der Waals surface area contributed by atoms with Gasteiger partial charge in [-0.2, -0.15) is 0 Å². The summed E-state index contributed by atoms with van der Waals surface area (Å²) in [6, 6.07) is 10.5. The molecule has 2 aromatic carbocycles. The lowest BCUT2D eigenvalue weighted by atomic mass is 10.3. The maximum absolute atomic E-state index is 5.82. The summed E-state index contributed by atoms with van der Waals surface area (Å²) in [7, 11) is 0. The molecule has 0 radical (unpaired) electrons. The van der Waals surface area contributed by atoms with Crippen molar-refractivity contribution in [3.63, 3.8) is 0 Å². The molecule has 2 N–H and O–H groups in total. The lowest BCUT2D eigenvalue weighted by Crippen LogP contribution is -2.09. The molecule has 0 atom stereocenters. The summed E-state index contributed by atoms with van der Waals surface area (Å²) in [4.78, 5) is 0. The van der Waals surface area contributed by atoms with Gasteiger partial charge in [0, 0.05) is 11.1 Å². The average Bonchev–Trinajstić information content (AvgIpc) is 2.93. The molecule has 3 rings (SSSR count). The van der Waals surface area contributed by atoms with E-state index in [-0.39, 0.29) is 6.79 Å². The van der Waals surface area contributed by atoms with E-state index in [1.54, 1.807) is 24.3 Å². The maximum atomic E-state index is 5.82. The minimum absolute atomic E-state index is 0.248. The standard InChI is InChI=1S/C15H14ClNO4/c16-10-1-3-13(12(17)7-10)19-6-5-18-11-2-4-14-15(8-11)21-9-20-14/h1-4,7-8H,5-6,9,17H2. The number of anilines is 1. The highest BCUT2D eigenvalue weighted by Gasteiger charge is 2.13. The predicted octanol–water partition coefficient (Wildman–Crippen LogP) is 3.11. The molecular weight excluding hydrogens is 294 g/mol. The van der Waals surface area contributed by atoms with Crippen LogP contribution in [-0.4, -0.2) is 20.0 Å². The zero-order valence-corrected chi connectivity index (χ0v) is 11.9. The summed E-state index contributed by atoms with van der Waals surface area (Å²) in [5.74, 6) is 2.71. The smallest absolute Gasteiger partial charge is 0.231 e. The predicted molar refractivity (Wildman–Crippen MR) is 79.4 cm³/mol. The number of ether oxygens (including phenoxy) is 4. The Kier molecular flexibility index (Phi) is 3.92. The van der Waals surface area contributed by atoms with Gasteiger partial charge in [-0.15, -0.1) is 0 Å². The third kappa shape index (κ3) is 3.25. The number of benzene rings is 2. The molecule has 0 spiro atoms. The van der Waals surface area contributed by atoms with Crippen molar-refractivity contribution in [3.05, 3.63) is 41.4 Å². The number of fused-ring (bicyclic) bond motifs is 1. The van der Waals surface area contributed by atoms with Crippen molar-refractivity contribution < 1.29 is 18.9 Å². The van der Waals surface area contributed by atoms with Crippen molar-refractivity contribution in [1.82, 2.24) is 0 Å². The van der Waals surface area contributed by atoms with Crippen LogP contribution < -0.4 is 24.7 Å². The van der Waals surface area contributed by atoms with E-state index in [0.29, 0.717) is 41.2 Å². The van der Waals surface area contributed by atoms with Gasteiger partial charge in [-0.1, -0.05) is 11.6 Å². The zero-order valence-electron chi connectivity index (χ0n) is 11.2. The summed E-state index contributed by atoms with van der Waals surface area (Å²) in [6.45, 7) is 1.01. The first kappa shape index (κ1) is 13.7. The first-order valence-corrected chi connectivity index (χ1v) is 6.80. The number of halogens is 1. The van der Waals surface area contributed by atoms with Crippen LogP contribution in [0.2, 0.25) is 5.02 Å². The molecule has 0 aliphatic carbocycles. The fourth-order valence-electron chi connectivity index (χ4n) is 1.93. The molecule has 6 heteroatoms. The van der Waals surface area contributed by atoms with Gasteiger partial charge in [0.2, 0.25) is 6.79 Å². The third-order valence-electron chi connectivity index (χ3n) is 2.93. The number of nitrogen functional groups attached to an aromatic ring is 1. The second-order valence-electron chi connectivity index (χ2n) is 4.39. The molecule has 110 valence electrons. The van der Waals surface area contributed by atoms with Crippen LogP contribution in [0.5, 0.6) is 23.0 Å². The van der Waals surface area contributed by atoms with Crippen LogP contribution in [0.15, 0.2) is 36.4 Å². The molecule has 0 amide bonds. The molecule has 21 heavy (non-hydrogen) atoms. The van der Waals surface area contributed by atoms with Crippen molar-refractivity contribution in [1.29, 1.82) is 0 Å². The highest BCUT2D eigenvalue weighted by Crippen LogP contribution is 2.35. The molecule has 0 unspecified atom stereocenters. The molecule has 0 saturated carbocycles. The van der Waals surface area contributed by atoms with Gasteiger partial charge in [0.15, 0.2) is 11.5 Å². The van der Waals surface area contributed by atoms with E-state index in [1.165, 1.54) is 0 Å². The molecular formula is C15H14ClNO4. The van der Waals surface area contributed by atoms with Crippen LogP contribution in [-0.2, 0) is 0 Å². The van der Waals surface area contributed by atoms with Gasteiger partial charge in [-0.05, 0) is 30.3 Å². The summed E-state index contributed by atoms with van der Waals surface area (Å²) in [5, 5.41) is 0.580. The van der Waals surface area contributed by atoms with Gasteiger partial charge in [0.1, 0.15) is 24.7 Å². The fraction of sp³-hybridized carbons (Fsp3) is 0.200.